The fraction of sp³-hybridized carbons (Fsp3) is 0.300. The Labute approximate surface area is 100 Å². The smallest absolute Gasteiger partial charge is 0.271 e. The van der Waals surface area contributed by atoms with Gasteiger partial charge in [-0.15, -0.1) is 0 Å². The number of carbonyl (C=O) groups excluding carboxylic acids is 1. The third-order valence-corrected chi connectivity index (χ3v) is 3.34. The Balaban J connectivity index is 2.31. The van der Waals surface area contributed by atoms with Gasteiger partial charge in [0.2, 0.25) is 5.91 Å². The van der Waals surface area contributed by atoms with Gasteiger partial charge in [-0.2, -0.15) is 0 Å². The molecule has 0 bridgehead atoms. The molecule has 2 rings (SSSR count). The molecule has 6 heteroatoms. The molecule has 1 aliphatic rings. The van der Waals surface area contributed by atoms with Crippen molar-refractivity contribution in [3.8, 4) is 0 Å². The number of nitrogens with zero attached hydrogens (tertiary/aromatic N) is 2. The number of non-ortho nitro benzene ring substituents is 1. The van der Waals surface area contributed by atoms with E-state index in [0.717, 1.165) is 6.42 Å². The Hall–Kier alpha value is -1.43. The maximum Gasteiger partial charge on any atom is 0.271 e. The van der Waals surface area contributed by atoms with Crippen LogP contribution in [-0.2, 0) is 4.79 Å². The summed E-state index contributed by atoms with van der Waals surface area (Å²) in [6.45, 7) is 0.593. The molecular formula is C10H9BrN2O3. The van der Waals surface area contributed by atoms with Gasteiger partial charge in [0, 0.05) is 18.7 Å². The number of halogens is 1. The topological polar surface area (TPSA) is 63.5 Å². The van der Waals surface area contributed by atoms with Crippen LogP contribution in [0.15, 0.2) is 24.3 Å². The molecule has 1 aromatic rings. The number of hydrogen-bond donors (Lipinski definition) is 0. The Morgan fingerprint density at radius 2 is 2.25 bits per heavy atom. The average Bonchev–Trinajstić information content (AvgIpc) is 2.60. The summed E-state index contributed by atoms with van der Waals surface area (Å²) in [4.78, 5) is 23.2. The zero-order valence-corrected chi connectivity index (χ0v) is 9.88. The summed E-state index contributed by atoms with van der Waals surface area (Å²) in [5.74, 6) is -0.0412. The second-order valence-electron chi connectivity index (χ2n) is 3.52. The predicted molar refractivity (Wildman–Crippen MR) is 62.8 cm³/mol. The van der Waals surface area contributed by atoms with Crippen LogP contribution in [0.25, 0.3) is 0 Å². The van der Waals surface area contributed by atoms with Crippen LogP contribution in [0.2, 0.25) is 0 Å². The number of carbonyl (C=O) groups is 1. The van der Waals surface area contributed by atoms with Crippen molar-refractivity contribution in [2.75, 3.05) is 11.4 Å². The van der Waals surface area contributed by atoms with Crippen LogP contribution in [0.1, 0.15) is 6.42 Å². The van der Waals surface area contributed by atoms with E-state index in [1.54, 1.807) is 17.0 Å². The first-order valence-electron chi connectivity index (χ1n) is 4.79. The van der Waals surface area contributed by atoms with Crippen LogP contribution < -0.4 is 4.90 Å². The van der Waals surface area contributed by atoms with Gasteiger partial charge in [0.05, 0.1) is 15.4 Å². The van der Waals surface area contributed by atoms with Crippen molar-refractivity contribution in [3.05, 3.63) is 34.4 Å². The van der Waals surface area contributed by atoms with Crippen molar-refractivity contribution in [1.82, 2.24) is 0 Å². The number of anilines is 1. The molecule has 0 aliphatic carbocycles. The van der Waals surface area contributed by atoms with Crippen LogP contribution >= 0.6 is 15.9 Å². The standard InChI is InChI=1S/C10H9BrN2O3/c11-9-4-5-12(10(9)14)7-2-1-3-8(6-7)13(15)16/h1-3,6,9H,4-5H2. The van der Waals surface area contributed by atoms with Gasteiger partial charge in [0.25, 0.3) is 5.69 Å². The van der Waals surface area contributed by atoms with E-state index in [-0.39, 0.29) is 16.4 Å². The summed E-state index contributed by atoms with van der Waals surface area (Å²) >= 11 is 3.26. The van der Waals surface area contributed by atoms with Gasteiger partial charge in [-0.05, 0) is 12.5 Å². The lowest BCUT2D eigenvalue weighted by molar-refractivity contribution is -0.384. The highest BCUT2D eigenvalue weighted by atomic mass is 79.9. The Kier molecular flexibility index (Phi) is 2.91. The Morgan fingerprint density at radius 3 is 2.81 bits per heavy atom. The van der Waals surface area contributed by atoms with Gasteiger partial charge in [-0.1, -0.05) is 22.0 Å². The summed E-state index contributed by atoms with van der Waals surface area (Å²) < 4.78 is 0. The SMILES string of the molecule is O=C1C(Br)CCN1c1cccc([N+](=O)[O-])c1. The van der Waals surface area contributed by atoms with E-state index in [1.165, 1.54) is 12.1 Å². The number of rotatable bonds is 2. The Bertz CT molecular complexity index is 449. The average molecular weight is 285 g/mol. The number of nitro groups is 1. The van der Waals surface area contributed by atoms with E-state index in [9.17, 15) is 14.9 Å². The van der Waals surface area contributed by atoms with Gasteiger partial charge in [0.1, 0.15) is 0 Å². The van der Waals surface area contributed by atoms with Crippen molar-refractivity contribution in [2.24, 2.45) is 0 Å². The minimum Gasteiger partial charge on any atom is -0.311 e. The summed E-state index contributed by atoms with van der Waals surface area (Å²) in [6, 6.07) is 6.12. The van der Waals surface area contributed by atoms with E-state index >= 15 is 0 Å². The number of alkyl halides is 1. The van der Waals surface area contributed by atoms with Gasteiger partial charge < -0.3 is 4.90 Å². The molecule has 1 aliphatic heterocycles. The van der Waals surface area contributed by atoms with E-state index < -0.39 is 4.92 Å². The first-order valence-corrected chi connectivity index (χ1v) is 5.71. The second-order valence-corrected chi connectivity index (χ2v) is 4.63. The zero-order chi connectivity index (χ0) is 11.7. The molecule has 1 atom stereocenters. The van der Waals surface area contributed by atoms with Crippen LogP contribution in [-0.4, -0.2) is 22.2 Å². The maximum absolute atomic E-state index is 11.7. The quantitative estimate of drug-likeness (QED) is 0.475. The molecule has 0 spiro atoms. The lowest BCUT2D eigenvalue weighted by atomic mass is 10.2. The normalized spacial score (nSPS) is 20.2. The summed E-state index contributed by atoms with van der Waals surface area (Å²) in [6.07, 6.45) is 0.724. The van der Waals surface area contributed by atoms with Crippen molar-refractivity contribution in [3.63, 3.8) is 0 Å². The lowest BCUT2D eigenvalue weighted by Crippen LogP contribution is -2.26. The molecule has 1 heterocycles. The molecule has 1 fully saturated rings. The molecule has 0 radical (unpaired) electrons. The second kappa shape index (κ2) is 4.21. The largest absolute Gasteiger partial charge is 0.311 e. The fourth-order valence-corrected chi connectivity index (χ4v) is 2.13. The van der Waals surface area contributed by atoms with Crippen LogP contribution in [0.5, 0.6) is 0 Å². The summed E-state index contributed by atoms with van der Waals surface area (Å²) in [7, 11) is 0. The third-order valence-electron chi connectivity index (χ3n) is 2.49. The van der Waals surface area contributed by atoms with Crippen molar-refractivity contribution in [2.45, 2.75) is 11.2 Å². The van der Waals surface area contributed by atoms with E-state index in [4.69, 9.17) is 0 Å². The number of benzene rings is 1. The molecule has 0 saturated carbocycles. The van der Waals surface area contributed by atoms with E-state index in [1.807, 2.05) is 0 Å². The van der Waals surface area contributed by atoms with Gasteiger partial charge in [-0.3, -0.25) is 14.9 Å². The van der Waals surface area contributed by atoms with Gasteiger partial charge >= 0.3 is 0 Å². The predicted octanol–water partition coefficient (Wildman–Crippen LogP) is 2.09. The highest BCUT2D eigenvalue weighted by molar-refractivity contribution is 9.10. The molecule has 0 N–H and O–H groups in total. The summed E-state index contributed by atoms with van der Waals surface area (Å²) in [5.41, 5.74) is 0.587. The highest BCUT2D eigenvalue weighted by Gasteiger charge is 2.30. The molecule has 1 unspecified atom stereocenters. The molecule has 1 saturated heterocycles. The molecule has 5 nitrogen and oxygen atoms in total. The summed E-state index contributed by atoms with van der Waals surface area (Å²) in [5, 5.41) is 10.6. The van der Waals surface area contributed by atoms with E-state index in [0.29, 0.717) is 12.2 Å². The minimum atomic E-state index is -0.463. The molecule has 1 amide bonds. The zero-order valence-electron chi connectivity index (χ0n) is 8.30. The number of amides is 1. The first-order chi connectivity index (χ1) is 7.59. The molecule has 1 aromatic carbocycles. The molecule has 0 aromatic heterocycles. The Morgan fingerprint density at radius 1 is 1.50 bits per heavy atom. The van der Waals surface area contributed by atoms with Crippen LogP contribution in [0.3, 0.4) is 0 Å². The van der Waals surface area contributed by atoms with Gasteiger partial charge in [0.15, 0.2) is 0 Å². The number of nitro benzene ring substituents is 1. The van der Waals surface area contributed by atoms with Crippen LogP contribution in [0, 0.1) is 10.1 Å². The monoisotopic (exact) mass is 284 g/mol. The van der Waals surface area contributed by atoms with Gasteiger partial charge in [-0.25, -0.2) is 0 Å². The number of hydrogen-bond acceptors (Lipinski definition) is 3. The van der Waals surface area contributed by atoms with E-state index in [2.05, 4.69) is 15.9 Å². The molecule has 16 heavy (non-hydrogen) atoms. The van der Waals surface area contributed by atoms with Crippen molar-refractivity contribution >= 4 is 33.2 Å². The highest BCUT2D eigenvalue weighted by Crippen LogP contribution is 2.27. The fourth-order valence-electron chi connectivity index (χ4n) is 1.68. The van der Waals surface area contributed by atoms with Crippen molar-refractivity contribution in [1.29, 1.82) is 0 Å². The minimum absolute atomic E-state index is 0.00308. The van der Waals surface area contributed by atoms with Crippen molar-refractivity contribution < 1.29 is 9.72 Å². The first kappa shape index (κ1) is 11.1. The third kappa shape index (κ3) is 1.92. The molecular weight excluding hydrogens is 276 g/mol. The lowest BCUT2D eigenvalue weighted by Gasteiger charge is -2.15. The maximum atomic E-state index is 11.7. The van der Waals surface area contributed by atoms with Crippen LogP contribution in [0.4, 0.5) is 11.4 Å². The molecule has 84 valence electrons.